The van der Waals surface area contributed by atoms with Crippen molar-refractivity contribution in [1.29, 1.82) is 0 Å². The van der Waals surface area contributed by atoms with E-state index in [-0.39, 0.29) is 12.0 Å². The van der Waals surface area contributed by atoms with Crippen molar-refractivity contribution in [2.24, 2.45) is 0 Å². The van der Waals surface area contributed by atoms with Gasteiger partial charge in [0.05, 0.1) is 11.6 Å². The number of carboxylic acid groups (broad SMARTS) is 1. The fraction of sp³-hybridized carbons (Fsp3) is 0.455. The molecule has 0 amide bonds. The minimum Gasteiger partial charge on any atom is -0.481 e. The van der Waals surface area contributed by atoms with E-state index in [9.17, 15) is 4.79 Å². The SMILES string of the molecule is CC(C)(CCC(=O)O)Nc1ncnc2[nH]ncc12. The normalized spacial score (nSPS) is 11.7. The van der Waals surface area contributed by atoms with Crippen LogP contribution in [0.15, 0.2) is 12.5 Å². The molecule has 7 nitrogen and oxygen atoms in total. The second-order valence-electron chi connectivity index (χ2n) is 4.76. The van der Waals surface area contributed by atoms with Crippen LogP contribution in [0.25, 0.3) is 11.0 Å². The van der Waals surface area contributed by atoms with E-state index in [0.717, 1.165) is 5.39 Å². The lowest BCUT2D eigenvalue weighted by Crippen LogP contribution is -2.32. The van der Waals surface area contributed by atoms with Crippen LogP contribution in [-0.4, -0.2) is 36.8 Å². The highest BCUT2D eigenvalue weighted by Crippen LogP contribution is 2.23. The number of carboxylic acids is 1. The van der Waals surface area contributed by atoms with Gasteiger partial charge in [-0.2, -0.15) is 5.10 Å². The number of aromatic nitrogens is 4. The highest BCUT2D eigenvalue weighted by Gasteiger charge is 2.20. The predicted octanol–water partition coefficient (Wildman–Crippen LogP) is 1.41. The molecule has 2 aromatic heterocycles. The summed E-state index contributed by atoms with van der Waals surface area (Å²) in [4.78, 5) is 18.8. The Morgan fingerprint density at radius 2 is 2.28 bits per heavy atom. The van der Waals surface area contributed by atoms with E-state index in [1.54, 1.807) is 6.20 Å². The van der Waals surface area contributed by atoms with Crippen molar-refractivity contribution in [2.75, 3.05) is 5.32 Å². The molecular formula is C11H15N5O2. The van der Waals surface area contributed by atoms with Gasteiger partial charge in [-0.15, -0.1) is 0 Å². The van der Waals surface area contributed by atoms with Crippen molar-refractivity contribution in [3.05, 3.63) is 12.5 Å². The van der Waals surface area contributed by atoms with Gasteiger partial charge in [-0.05, 0) is 20.3 Å². The Morgan fingerprint density at radius 1 is 1.50 bits per heavy atom. The molecule has 2 aromatic rings. The van der Waals surface area contributed by atoms with Crippen molar-refractivity contribution in [3.63, 3.8) is 0 Å². The van der Waals surface area contributed by atoms with Gasteiger partial charge in [0, 0.05) is 12.0 Å². The molecule has 2 heterocycles. The smallest absolute Gasteiger partial charge is 0.303 e. The molecule has 0 fully saturated rings. The number of fused-ring (bicyclic) bond motifs is 1. The third kappa shape index (κ3) is 2.73. The van der Waals surface area contributed by atoms with Crippen molar-refractivity contribution >= 4 is 22.8 Å². The molecule has 96 valence electrons. The molecule has 0 radical (unpaired) electrons. The van der Waals surface area contributed by atoms with Gasteiger partial charge in [-0.25, -0.2) is 9.97 Å². The highest BCUT2D eigenvalue weighted by atomic mass is 16.4. The molecule has 2 rings (SSSR count). The Labute approximate surface area is 104 Å². The Hall–Kier alpha value is -2.18. The number of aliphatic carboxylic acids is 1. The Balaban J connectivity index is 2.17. The molecule has 0 aliphatic carbocycles. The molecular weight excluding hydrogens is 234 g/mol. The number of rotatable bonds is 5. The van der Waals surface area contributed by atoms with Crippen molar-refractivity contribution < 1.29 is 9.90 Å². The average Bonchev–Trinajstić information content (AvgIpc) is 2.75. The van der Waals surface area contributed by atoms with Gasteiger partial charge >= 0.3 is 5.97 Å². The third-order valence-corrected chi connectivity index (χ3v) is 2.67. The standard InChI is InChI=1S/C11H15N5O2/c1-11(2,4-3-8(17)18)15-9-7-5-14-16-10(7)13-6-12-9/h5-6H,3-4H2,1-2H3,(H,17,18)(H2,12,13,14,15,16). The summed E-state index contributed by atoms with van der Waals surface area (Å²) >= 11 is 0. The number of carbonyl (C=O) groups is 1. The minimum absolute atomic E-state index is 0.111. The first-order valence-electron chi connectivity index (χ1n) is 5.62. The van der Waals surface area contributed by atoms with Crippen LogP contribution in [0.5, 0.6) is 0 Å². The molecule has 0 atom stereocenters. The first-order chi connectivity index (χ1) is 8.48. The van der Waals surface area contributed by atoms with E-state index >= 15 is 0 Å². The van der Waals surface area contributed by atoms with Crippen LogP contribution in [0.3, 0.4) is 0 Å². The van der Waals surface area contributed by atoms with Crippen molar-refractivity contribution in [2.45, 2.75) is 32.2 Å². The van der Waals surface area contributed by atoms with Crippen LogP contribution in [0.1, 0.15) is 26.7 Å². The molecule has 7 heteroatoms. The summed E-state index contributed by atoms with van der Waals surface area (Å²) in [5.41, 5.74) is 0.290. The van der Waals surface area contributed by atoms with Crippen LogP contribution < -0.4 is 5.32 Å². The molecule has 0 saturated heterocycles. The summed E-state index contributed by atoms with van der Waals surface area (Å²) in [6.07, 6.45) is 3.70. The fourth-order valence-electron chi connectivity index (χ4n) is 1.67. The minimum atomic E-state index is -0.805. The van der Waals surface area contributed by atoms with Gasteiger partial charge in [0.15, 0.2) is 5.65 Å². The summed E-state index contributed by atoms with van der Waals surface area (Å²) in [7, 11) is 0. The lowest BCUT2D eigenvalue weighted by Gasteiger charge is -2.26. The van der Waals surface area contributed by atoms with Gasteiger partial charge in [0.2, 0.25) is 0 Å². The topological polar surface area (TPSA) is 104 Å². The van der Waals surface area contributed by atoms with E-state index in [0.29, 0.717) is 17.9 Å². The molecule has 0 aromatic carbocycles. The van der Waals surface area contributed by atoms with Crippen molar-refractivity contribution in [3.8, 4) is 0 Å². The molecule has 0 spiro atoms. The monoisotopic (exact) mass is 249 g/mol. The lowest BCUT2D eigenvalue weighted by molar-refractivity contribution is -0.137. The summed E-state index contributed by atoms with van der Waals surface area (Å²) < 4.78 is 0. The summed E-state index contributed by atoms with van der Waals surface area (Å²) in [5, 5.41) is 19.4. The van der Waals surface area contributed by atoms with Crippen LogP contribution in [0, 0.1) is 0 Å². The van der Waals surface area contributed by atoms with Crippen LogP contribution in [0.2, 0.25) is 0 Å². The molecule has 0 unspecified atom stereocenters. The Bertz CT molecular complexity index is 563. The molecule has 0 aliphatic rings. The molecule has 0 aliphatic heterocycles. The predicted molar refractivity (Wildman–Crippen MR) is 66.3 cm³/mol. The quantitative estimate of drug-likeness (QED) is 0.740. The molecule has 18 heavy (non-hydrogen) atoms. The number of anilines is 1. The second kappa shape index (κ2) is 4.59. The van der Waals surface area contributed by atoms with Gasteiger partial charge < -0.3 is 10.4 Å². The summed E-state index contributed by atoms with van der Waals surface area (Å²) in [6, 6.07) is 0. The number of H-pyrrole nitrogens is 1. The maximum absolute atomic E-state index is 10.6. The average molecular weight is 249 g/mol. The van der Waals surface area contributed by atoms with E-state index in [2.05, 4.69) is 25.5 Å². The van der Waals surface area contributed by atoms with Gasteiger partial charge in [0.1, 0.15) is 12.1 Å². The van der Waals surface area contributed by atoms with E-state index < -0.39 is 5.97 Å². The third-order valence-electron chi connectivity index (χ3n) is 2.67. The first-order valence-corrected chi connectivity index (χ1v) is 5.62. The van der Waals surface area contributed by atoms with Crippen molar-refractivity contribution in [1.82, 2.24) is 20.2 Å². The van der Waals surface area contributed by atoms with Gasteiger partial charge in [0.25, 0.3) is 0 Å². The van der Waals surface area contributed by atoms with Crippen LogP contribution in [0.4, 0.5) is 5.82 Å². The zero-order chi connectivity index (χ0) is 13.2. The highest BCUT2D eigenvalue weighted by molar-refractivity contribution is 5.85. The summed E-state index contributed by atoms with van der Waals surface area (Å²) in [6.45, 7) is 3.87. The zero-order valence-electron chi connectivity index (χ0n) is 10.3. The fourth-order valence-corrected chi connectivity index (χ4v) is 1.67. The maximum Gasteiger partial charge on any atom is 0.303 e. The van der Waals surface area contributed by atoms with Crippen LogP contribution >= 0.6 is 0 Å². The second-order valence-corrected chi connectivity index (χ2v) is 4.76. The maximum atomic E-state index is 10.6. The van der Waals surface area contributed by atoms with Gasteiger partial charge in [-0.1, -0.05) is 0 Å². The van der Waals surface area contributed by atoms with Gasteiger partial charge in [-0.3, -0.25) is 9.89 Å². The molecule has 3 N–H and O–H groups in total. The Morgan fingerprint density at radius 3 is 3.00 bits per heavy atom. The number of aromatic amines is 1. The van der Waals surface area contributed by atoms with E-state index in [1.165, 1.54) is 6.33 Å². The zero-order valence-corrected chi connectivity index (χ0v) is 10.3. The number of nitrogens with zero attached hydrogens (tertiary/aromatic N) is 3. The molecule has 0 saturated carbocycles. The van der Waals surface area contributed by atoms with E-state index in [1.807, 2.05) is 13.8 Å². The number of hydrogen-bond donors (Lipinski definition) is 3. The number of hydrogen-bond acceptors (Lipinski definition) is 5. The number of nitrogens with one attached hydrogen (secondary N) is 2. The Kier molecular flexibility index (Phi) is 3.14. The van der Waals surface area contributed by atoms with Crippen LogP contribution in [-0.2, 0) is 4.79 Å². The lowest BCUT2D eigenvalue weighted by atomic mass is 9.98. The summed E-state index contributed by atoms with van der Waals surface area (Å²) in [5.74, 6) is -0.148. The first kappa shape index (κ1) is 12.3. The van der Waals surface area contributed by atoms with E-state index in [4.69, 9.17) is 5.11 Å². The molecule has 0 bridgehead atoms. The largest absolute Gasteiger partial charge is 0.481 e.